The summed E-state index contributed by atoms with van der Waals surface area (Å²) in [6, 6.07) is 5.59. The first-order valence-corrected chi connectivity index (χ1v) is 5.11. The summed E-state index contributed by atoms with van der Waals surface area (Å²) >= 11 is 0. The van der Waals surface area contributed by atoms with Gasteiger partial charge in [-0.3, -0.25) is 11.1 Å². The summed E-state index contributed by atoms with van der Waals surface area (Å²) in [7, 11) is 0. The van der Waals surface area contributed by atoms with E-state index in [0.717, 1.165) is 28.1 Å². The molecule has 84 valence electrons. The van der Waals surface area contributed by atoms with Crippen LogP contribution in [-0.2, 0) is 0 Å². The van der Waals surface area contributed by atoms with Crippen molar-refractivity contribution in [2.24, 2.45) is 5.73 Å². The number of H-pyrrole nitrogens is 2. The Morgan fingerprint density at radius 3 is 2.94 bits per heavy atom. The summed E-state index contributed by atoms with van der Waals surface area (Å²) in [5.74, 6) is 1.04. The summed E-state index contributed by atoms with van der Waals surface area (Å²) in [5, 5.41) is 5.55. The van der Waals surface area contributed by atoms with Gasteiger partial charge in [0.2, 0.25) is 0 Å². The minimum Gasteiger partial charge on any atom is -0.342 e. The normalized spacial score (nSPS) is 10.8. The van der Waals surface area contributed by atoms with E-state index in [1.807, 2.05) is 18.2 Å². The van der Waals surface area contributed by atoms with Gasteiger partial charge in [0.05, 0.1) is 29.1 Å². The molecule has 17 heavy (non-hydrogen) atoms. The Kier molecular flexibility index (Phi) is 1.94. The summed E-state index contributed by atoms with van der Waals surface area (Å²) in [4.78, 5) is 14.6. The van der Waals surface area contributed by atoms with E-state index < -0.39 is 0 Å². The van der Waals surface area contributed by atoms with Crippen molar-refractivity contribution in [1.29, 1.82) is 0 Å². The highest BCUT2D eigenvalue weighted by Gasteiger charge is 2.08. The van der Waals surface area contributed by atoms with Crippen LogP contribution in [0.1, 0.15) is 5.56 Å². The highest BCUT2D eigenvalue weighted by Crippen LogP contribution is 2.18. The molecule has 6 heteroatoms. The van der Waals surface area contributed by atoms with Crippen LogP contribution in [0.15, 0.2) is 30.7 Å². The Morgan fingerprint density at radius 2 is 2.24 bits per heavy atom. The molecule has 0 spiro atoms. The minimum absolute atomic E-state index is 0.296. The predicted octanol–water partition coefficient (Wildman–Crippen LogP) is -0.583. The Balaban J connectivity index is 2.16. The number of imidazole rings is 2. The molecule has 0 aliphatic heterocycles. The lowest BCUT2D eigenvalue weighted by molar-refractivity contribution is -0.114. The standard InChI is InChI=1S/C11H10N6/c12-10(13)6-1-2-7-8(3-6)17-11(16-7)9-4-14-5-15-9/h1-5H,(H3,12,13)(H,14,15)(H,16,17)/p+1. The minimum atomic E-state index is 0.296. The molecule has 3 rings (SSSR count). The molecular formula is C11H11N6+. The Hall–Kier alpha value is -2.63. The fourth-order valence-corrected chi connectivity index (χ4v) is 1.70. The second-order valence-electron chi connectivity index (χ2n) is 3.74. The fourth-order valence-electron chi connectivity index (χ4n) is 1.70. The quantitative estimate of drug-likeness (QED) is 0.347. The first-order chi connectivity index (χ1) is 8.24. The average molecular weight is 227 g/mol. The van der Waals surface area contributed by atoms with Crippen LogP contribution in [0.3, 0.4) is 0 Å². The summed E-state index contributed by atoms with van der Waals surface area (Å²) < 4.78 is 0. The number of hydrogen-bond acceptors (Lipinski definition) is 2. The lowest BCUT2D eigenvalue weighted by Crippen LogP contribution is -2.46. The second kappa shape index (κ2) is 3.44. The fraction of sp³-hybridized carbons (Fsp3) is 0. The van der Waals surface area contributed by atoms with Gasteiger partial charge in [0, 0.05) is 0 Å². The van der Waals surface area contributed by atoms with Gasteiger partial charge in [0.15, 0.2) is 5.82 Å². The SMILES string of the molecule is NC(=[NH2+])c1ccc2nc(-c3cnc[nH]3)[nH]c2c1. The molecule has 0 unspecified atom stereocenters. The number of nitrogens with two attached hydrogens (primary N) is 2. The molecule has 0 atom stereocenters. The molecule has 0 fully saturated rings. The number of amidine groups is 1. The van der Waals surface area contributed by atoms with Crippen molar-refractivity contribution < 1.29 is 5.41 Å². The lowest BCUT2D eigenvalue weighted by Gasteiger charge is -1.92. The number of hydrogen-bond donors (Lipinski definition) is 4. The second-order valence-corrected chi connectivity index (χ2v) is 3.74. The van der Waals surface area contributed by atoms with Gasteiger partial charge in [-0.15, -0.1) is 0 Å². The lowest BCUT2D eigenvalue weighted by atomic mass is 10.2. The molecule has 0 saturated carbocycles. The molecule has 3 aromatic rings. The van der Waals surface area contributed by atoms with Gasteiger partial charge in [-0.1, -0.05) is 0 Å². The maximum atomic E-state index is 5.55. The van der Waals surface area contributed by atoms with Crippen molar-refractivity contribution in [2.75, 3.05) is 0 Å². The van der Waals surface area contributed by atoms with E-state index in [9.17, 15) is 0 Å². The Morgan fingerprint density at radius 1 is 1.35 bits per heavy atom. The first-order valence-electron chi connectivity index (χ1n) is 5.11. The Labute approximate surface area is 96.4 Å². The zero-order valence-corrected chi connectivity index (χ0v) is 8.94. The van der Waals surface area contributed by atoms with Crippen molar-refractivity contribution in [3.05, 3.63) is 36.3 Å². The number of rotatable bonds is 2. The molecule has 6 N–H and O–H groups in total. The molecule has 2 aromatic heterocycles. The van der Waals surface area contributed by atoms with Gasteiger partial charge in [-0.2, -0.15) is 0 Å². The largest absolute Gasteiger partial charge is 0.342 e. The van der Waals surface area contributed by atoms with E-state index in [1.165, 1.54) is 0 Å². The van der Waals surface area contributed by atoms with E-state index in [2.05, 4.69) is 19.9 Å². The van der Waals surface area contributed by atoms with Crippen LogP contribution in [0.2, 0.25) is 0 Å². The van der Waals surface area contributed by atoms with Gasteiger partial charge in [-0.25, -0.2) is 9.97 Å². The number of nitrogens with zero attached hydrogens (tertiary/aromatic N) is 2. The van der Waals surface area contributed by atoms with Gasteiger partial charge in [0.1, 0.15) is 5.69 Å². The summed E-state index contributed by atoms with van der Waals surface area (Å²) in [5.41, 5.74) is 8.93. The number of benzene rings is 1. The molecule has 0 aliphatic carbocycles. The van der Waals surface area contributed by atoms with Crippen molar-refractivity contribution in [3.63, 3.8) is 0 Å². The molecule has 0 bridgehead atoms. The average Bonchev–Trinajstić information content (AvgIpc) is 2.96. The van der Waals surface area contributed by atoms with Crippen LogP contribution in [0.25, 0.3) is 22.6 Å². The number of nitrogens with one attached hydrogen (secondary N) is 2. The van der Waals surface area contributed by atoms with Crippen molar-refractivity contribution >= 4 is 16.9 Å². The molecular weight excluding hydrogens is 216 g/mol. The van der Waals surface area contributed by atoms with Crippen LogP contribution in [0.5, 0.6) is 0 Å². The van der Waals surface area contributed by atoms with E-state index in [0.29, 0.717) is 5.84 Å². The van der Waals surface area contributed by atoms with E-state index in [-0.39, 0.29) is 0 Å². The Bertz CT molecular complexity index is 679. The van der Waals surface area contributed by atoms with Crippen LogP contribution < -0.4 is 11.1 Å². The summed E-state index contributed by atoms with van der Waals surface area (Å²) in [6.07, 6.45) is 3.32. The van der Waals surface area contributed by atoms with Crippen molar-refractivity contribution in [1.82, 2.24) is 19.9 Å². The number of aromatic amines is 2. The molecule has 6 nitrogen and oxygen atoms in total. The molecule has 0 saturated heterocycles. The zero-order valence-electron chi connectivity index (χ0n) is 8.94. The monoisotopic (exact) mass is 227 g/mol. The summed E-state index contributed by atoms with van der Waals surface area (Å²) in [6.45, 7) is 0. The van der Waals surface area contributed by atoms with Gasteiger partial charge < -0.3 is 9.97 Å². The highest BCUT2D eigenvalue weighted by atomic mass is 15.0. The molecule has 0 amide bonds. The van der Waals surface area contributed by atoms with Crippen LogP contribution in [0, 0.1) is 0 Å². The molecule has 0 radical (unpaired) electrons. The number of aromatic nitrogens is 4. The first kappa shape index (κ1) is 9.59. The molecule has 0 aliphatic rings. The maximum Gasteiger partial charge on any atom is 0.270 e. The maximum absolute atomic E-state index is 5.55. The van der Waals surface area contributed by atoms with Crippen LogP contribution >= 0.6 is 0 Å². The topological polar surface area (TPSA) is 109 Å². The highest BCUT2D eigenvalue weighted by molar-refractivity contribution is 5.96. The van der Waals surface area contributed by atoms with E-state index in [4.69, 9.17) is 11.1 Å². The third kappa shape index (κ3) is 1.55. The number of fused-ring (bicyclic) bond motifs is 1. The predicted molar refractivity (Wildman–Crippen MR) is 63.9 cm³/mol. The van der Waals surface area contributed by atoms with Gasteiger partial charge in [0.25, 0.3) is 5.84 Å². The van der Waals surface area contributed by atoms with E-state index in [1.54, 1.807) is 12.5 Å². The zero-order chi connectivity index (χ0) is 11.8. The molecule has 2 heterocycles. The van der Waals surface area contributed by atoms with Gasteiger partial charge in [-0.05, 0) is 18.2 Å². The third-order valence-electron chi connectivity index (χ3n) is 2.57. The molecule has 1 aromatic carbocycles. The third-order valence-corrected chi connectivity index (χ3v) is 2.57. The van der Waals surface area contributed by atoms with Crippen molar-refractivity contribution in [3.8, 4) is 11.5 Å². The van der Waals surface area contributed by atoms with E-state index >= 15 is 0 Å². The van der Waals surface area contributed by atoms with Gasteiger partial charge >= 0.3 is 0 Å². The van der Waals surface area contributed by atoms with Crippen LogP contribution in [0.4, 0.5) is 0 Å². The van der Waals surface area contributed by atoms with Crippen molar-refractivity contribution in [2.45, 2.75) is 0 Å². The van der Waals surface area contributed by atoms with Crippen LogP contribution in [-0.4, -0.2) is 25.8 Å². The smallest absolute Gasteiger partial charge is 0.270 e.